The lowest BCUT2D eigenvalue weighted by molar-refractivity contribution is 0.449. The number of aryl methyl sites for hydroxylation is 1. The third-order valence-corrected chi connectivity index (χ3v) is 3.06. The molecule has 0 atom stereocenters. The van der Waals surface area contributed by atoms with Gasteiger partial charge in [-0.3, -0.25) is 0 Å². The molecule has 0 aliphatic carbocycles. The maximum atomic E-state index is 13.1. The van der Waals surface area contributed by atoms with Crippen molar-refractivity contribution in [2.75, 3.05) is 0 Å². The molecule has 0 aliphatic heterocycles. The fraction of sp³-hybridized carbons (Fsp3) is 0.250. The minimum Gasteiger partial charge on any atom is -0.492 e. The summed E-state index contributed by atoms with van der Waals surface area (Å²) in [6.07, 6.45) is 1.66. The Balaban J connectivity index is 2.39. The lowest BCUT2D eigenvalue weighted by Gasteiger charge is -1.98. The summed E-state index contributed by atoms with van der Waals surface area (Å²) >= 11 is 3.12. The molecule has 17 heavy (non-hydrogen) atoms. The Labute approximate surface area is 107 Å². The van der Waals surface area contributed by atoms with Gasteiger partial charge in [0.2, 0.25) is 5.88 Å². The molecule has 0 spiro atoms. The second kappa shape index (κ2) is 4.87. The number of aromatic nitrogens is 2. The highest BCUT2D eigenvalue weighted by Crippen LogP contribution is 2.26. The van der Waals surface area contributed by atoms with Crippen molar-refractivity contribution in [2.45, 2.75) is 19.8 Å². The van der Waals surface area contributed by atoms with Gasteiger partial charge in [0.1, 0.15) is 11.6 Å². The topological polar surface area (TPSA) is 48.9 Å². The fourth-order valence-corrected chi connectivity index (χ4v) is 1.98. The van der Waals surface area contributed by atoms with E-state index in [9.17, 15) is 9.50 Å². The van der Waals surface area contributed by atoms with Crippen molar-refractivity contribution < 1.29 is 9.50 Å². The molecule has 2 N–H and O–H groups in total. The fourth-order valence-electron chi connectivity index (χ4n) is 1.60. The number of aromatic amines is 1. The molecule has 0 aliphatic rings. The predicted octanol–water partition coefficient (Wildman–Crippen LogP) is 3.64. The molecule has 1 heterocycles. The van der Waals surface area contributed by atoms with Crippen molar-refractivity contribution in [3.8, 4) is 17.3 Å². The summed E-state index contributed by atoms with van der Waals surface area (Å²) in [6.45, 7) is 2.02. The van der Waals surface area contributed by atoms with Crippen LogP contribution in [0.15, 0.2) is 22.7 Å². The summed E-state index contributed by atoms with van der Waals surface area (Å²) in [7, 11) is 0. The monoisotopic (exact) mass is 298 g/mol. The number of benzene rings is 1. The van der Waals surface area contributed by atoms with E-state index < -0.39 is 0 Å². The first kappa shape index (κ1) is 12.1. The summed E-state index contributed by atoms with van der Waals surface area (Å²) < 4.78 is 13.5. The highest BCUT2D eigenvalue weighted by Gasteiger charge is 2.11. The Kier molecular flexibility index (Phi) is 3.47. The molecule has 0 amide bonds. The standard InChI is InChI=1S/C12H12BrFN2O/c1-2-3-10-12(17)16-11(15-10)7-4-5-9(14)8(13)6-7/h4-6,17H,2-3H2,1H3,(H,15,16). The van der Waals surface area contributed by atoms with E-state index in [1.807, 2.05) is 6.92 Å². The van der Waals surface area contributed by atoms with Gasteiger partial charge in [0, 0.05) is 5.56 Å². The third-order valence-electron chi connectivity index (χ3n) is 2.45. The van der Waals surface area contributed by atoms with E-state index >= 15 is 0 Å². The lowest BCUT2D eigenvalue weighted by Crippen LogP contribution is -1.85. The molecule has 0 bridgehead atoms. The average Bonchev–Trinajstić information content (AvgIpc) is 2.65. The van der Waals surface area contributed by atoms with E-state index in [0.717, 1.165) is 18.4 Å². The van der Waals surface area contributed by atoms with Crippen molar-refractivity contribution in [2.24, 2.45) is 0 Å². The van der Waals surface area contributed by atoms with Crippen LogP contribution in [-0.2, 0) is 6.42 Å². The van der Waals surface area contributed by atoms with Gasteiger partial charge in [-0.1, -0.05) is 13.3 Å². The van der Waals surface area contributed by atoms with Crippen molar-refractivity contribution >= 4 is 15.9 Å². The van der Waals surface area contributed by atoms with Gasteiger partial charge in [-0.05, 0) is 40.5 Å². The molecular formula is C12H12BrFN2O. The van der Waals surface area contributed by atoms with Gasteiger partial charge in [0.25, 0.3) is 0 Å². The Bertz CT molecular complexity index is 539. The molecule has 0 saturated heterocycles. The van der Waals surface area contributed by atoms with Crippen LogP contribution in [-0.4, -0.2) is 15.1 Å². The van der Waals surface area contributed by atoms with Crippen molar-refractivity contribution in [3.63, 3.8) is 0 Å². The first-order chi connectivity index (χ1) is 8.11. The number of halogens is 2. The second-order valence-corrected chi connectivity index (χ2v) is 4.62. The van der Waals surface area contributed by atoms with E-state index in [0.29, 0.717) is 16.0 Å². The molecule has 0 saturated carbocycles. The van der Waals surface area contributed by atoms with Gasteiger partial charge in [0.05, 0.1) is 10.2 Å². The molecule has 2 rings (SSSR count). The van der Waals surface area contributed by atoms with Crippen LogP contribution >= 0.6 is 15.9 Å². The Hall–Kier alpha value is -1.36. The Morgan fingerprint density at radius 3 is 2.88 bits per heavy atom. The van der Waals surface area contributed by atoms with Crippen LogP contribution in [0.25, 0.3) is 11.4 Å². The van der Waals surface area contributed by atoms with Crippen LogP contribution in [0.2, 0.25) is 0 Å². The van der Waals surface area contributed by atoms with Crippen LogP contribution in [0, 0.1) is 5.82 Å². The summed E-state index contributed by atoms with van der Waals surface area (Å²) in [6, 6.07) is 4.61. The summed E-state index contributed by atoms with van der Waals surface area (Å²) in [4.78, 5) is 7.07. The van der Waals surface area contributed by atoms with Crippen LogP contribution in [0.3, 0.4) is 0 Å². The van der Waals surface area contributed by atoms with Gasteiger partial charge < -0.3 is 10.1 Å². The number of hydrogen-bond acceptors (Lipinski definition) is 2. The molecular weight excluding hydrogens is 287 g/mol. The molecule has 0 fully saturated rings. The van der Waals surface area contributed by atoms with Gasteiger partial charge in [-0.25, -0.2) is 4.39 Å². The van der Waals surface area contributed by atoms with E-state index in [2.05, 4.69) is 25.9 Å². The van der Waals surface area contributed by atoms with Crippen LogP contribution in [0.4, 0.5) is 4.39 Å². The second-order valence-electron chi connectivity index (χ2n) is 3.77. The van der Waals surface area contributed by atoms with Crippen LogP contribution in [0.1, 0.15) is 19.0 Å². The zero-order valence-electron chi connectivity index (χ0n) is 9.30. The summed E-state index contributed by atoms with van der Waals surface area (Å²) in [5, 5.41) is 9.62. The number of nitrogens with zero attached hydrogens (tertiary/aromatic N) is 1. The zero-order chi connectivity index (χ0) is 12.4. The smallest absolute Gasteiger partial charge is 0.232 e. The maximum absolute atomic E-state index is 13.1. The molecule has 1 aromatic heterocycles. The molecule has 90 valence electrons. The van der Waals surface area contributed by atoms with Crippen molar-refractivity contribution in [1.29, 1.82) is 0 Å². The van der Waals surface area contributed by atoms with Crippen LogP contribution in [0.5, 0.6) is 5.88 Å². The third kappa shape index (κ3) is 2.49. The first-order valence-corrected chi connectivity index (χ1v) is 6.14. The maximum Gasteiger partial charge on any atom is 0.232 e. The van der Waals surface area contributed by atoms with Crippen molar-refractivity contribution in [3.05, 3.63) is 34.2 Å². The molecule has 2 aromatic rings. The Morgan fingerprint density at radius 2 is 2.24 bits per heavy atom. The average molecular weight is 299 g/mol. The van der Waals surface area contributed by atoms with Gasteiger partial charge in [-0.2, -0.15) is 4.98 Å². The minimum atomic E-state index is -0.321. The lowest BCUT2D eigenvalue weighted by atomic mass is 10.2. The van der Waals surface area contributed by atoms with E-state index in [1.165, 1.54) is 6.07 Å². The summed E-state index contributed by atoms with van der Waals surface area (Å²) in [5.41, 5.74) is 1.44. The Morgan fingerprint density at radius 1 is 1.47 bits per heavy atom. The predicted molar refractivity (Wildman–Crippen MR) is 67.3 cm³/mol. The van der Waals surface area contributed by atoms with Gasteiger partial charge in [0.15, 0.2) is 0 Å². The number of H-pyrrole nitrogens is 1. The number of imidazole rings is 1. The largest absolute Gasteiger partial charge is 0.492 e. The number of nitrogens with one attached hydrogen (secondary N) is 1. The number of rotatable bonds is 3. The van der Waals surface area contributed by atoms with Crippen LogP contribution < -0.4 is 0 Å². The summed E-state index contributed by atoms with van der Waals surface area (Å²) in [5.74, 6) is 0.243. The zero-order valence-corrected chi connectivity index (χ0v) is 10.9. The molecule has 3 nitrogen and oxygen atoms in total. The van der Waals surface area contributed by atoms with Gasteiger partial charge in [-0.15, -0.1) is 0 Å². The molecule has 0 radical (unpaired) electrons. The van der Waals surface area contributed by atoms with E-state index in [1.54, 1.807) is 12.1 Å². The first-order valence-electron chi connectivity index (χ1n) is 5.35. The quantitative estimate of drug-likeness (QED) is 0.909. The van der Waals surface area contributed by atoms with Crippen molar-refractivity contribution in [1.82, 2.24) is 9.97 Å². The van der Waals surface area contributed by atoms with E-state index in [-0.39, 0.29) is 11.7 Å². The van der Waals surface area contributed by atoms with E-state index in [4.69, 9.17) is 0 Å². The normalized spacial score (nSPS) is 10.8. The highest BCUT2D eigenvalue weighted by molar-refractivity contribution is 9.10. The SMILES string of the molecule is CCCc1[nH]c(-c2ccc(F)c(Br)c2)nc1O. The number of hydrogen-bond donors (Lipinski definition) is 2. The number of aromatic hydroxyl groups is 1. The molecule has 5 heteroatoms. The van der Waals surface area contributed by atoms with Gasteiger partial charge >= 0.3 is 0 Å². The highest BCUT2D eigenvalue weighted by atomic mass is 79.9. The molecule has 1 aromatic carbocycles. The molecule has 0 unspecified atom stereocenters. The minimum absolute atomic E-state index is 0.0160.